The van der Waals surface area contributed by atoms with Gasteiger partial charge < -0.3 is 37.9 Å². The number of ketones is 6. The maximum absolute atomic E-state index is 14.3. The van der Waals surface area contributed by atoms with Gasteiger partial charge in [0.1, 0.15) is 100 Å². The number of carbonyl (C=O) groups excluding carboxylic acids is 10. The number of Topliss-reactive ketones (excluding diaryl/α,β-unsaturated/α-hetero) is 6. The minimum Gasteiger partial charge on any atom is -0.489 e. The molecule has 0 fully saturated rings. The van der Waals surface area contributed by atoms with Gasteiger partial charge in [-0.25, -0.2) is 9.59 Å². The standard InChI is InChI=1S/C68H80O18/c1-11-15-57(71)45-29-49-37-50-30-46(58(72)16-12-2)32-52(64(50)82-22-20-80-62(76)28-44(10)70)39-54-34-48(60(74)18-14-4)36-56(66(54)84-24-26-86-68(78)42(7)8)40-55-35-47(59(73)17-13-3)33-53(65(55)83-23-25-85-67(77)41(5)6)38-51(31-45)63(49)81-21-19-79-61(75)27-43(9)69/h29-36H,5,7,11-28,37-40H2,1-4,6,8-10H3. The largest absolute Gasteiger partial charge is 0.489 e. The molecule has 0 atom stereocenters. The van der Waals surface area contributed by atoms with Crippen LogP contribution in [-0.2, 0) is 73.4 Å². The molecule has 0 unspecified atom stereocenters. The van der Waals surface area contributed by atoms with Crippen molar-refractivity contribution in [1.82, 2.24) is 0 Å². The lowest BCUT2D eigenvalue weighted by Crippen LogP contribution is -2.18. The molecular formula is C68H80O18. The van der Waals surface area contributed by atoms with Crippen molar-refractivity contribution in [2.45, 2.75) is 145 Å². The van der Waals surface area contributed by atoms with Gasteiger partial charge in [-0.15, -0.1) is 0 Å². The summed E-state index contributed by atoms with van der Waals surface area (Å²) in [4.78, 5) is 132. The first-order valence-corrected chi connectivity index (χ1v) is 29.3. The lowest BCUT2D eigenvalue weighted by molar-refractivity contribution is -0.147. The van der Waals surface area contributed by atoms with Gasteiger partial charge in [-0.2, -0.15) is 0 Å². The molecule has 0 heterocycles. The molecule has 1 aliphatic carbocycles. The van der Waals surface area contributed by atoms with Gasteiger partial charge in [-0.1, -0.05) is 40.9 Å². The smallest absolute Gasteiger partial charge is 0.333 e. The van der Waals surface area contributed by atoms with E-state index in [4.69, 9.17) is 37.9 Å². The third kappa shape index (κ3) is 20.3. The second-order valence-electron chi connectivity index (χ2n) is 21.3. The molecule has 8 bridgehead atoms. The van der Waals surface area contributed by atoms with Crippen LogP contribution >= 0.6 is 0 Å². The minimum atomic E-state index is -0.762. The second-order valence-corrected chi connectivity index (χ2v) is 21.3. The molecule has 0 N–H and O–H groups in total. The summed E-state index contributed by atoms with van der Waals surface area (Å²) in [7, 11) is 0. The Bertz CT molecular complexity index is 3020. The quantitative estimate of drug-likeness (QED) is 0.00928. The maximum atomic E-state index is 14.3. The van der Waals surface area contributed by atoms with Crippen molar-refractivity contribution in [3.05, 3.63) is 140 Å². The van der Waals surface area contributed by atoms with E-state index in [1.807, 2.05) is 27.7 Å². The van der Waals surface area contributed by atoms with Gasteiger partial charge in [-0.3, -0.25) is 38.4 Å². The van der Waals surface area contributed by atoms with Crippen LogP contribution in [0.3, 0.4) is 0 Å². The molecule has 0 radical (unpaired) electrons. The average Bonchev–Trinajstić information content (AvgIpc) is 0.898. The number of fused-ring (bicyclic) bond motifs is 8. The third-order valence-electron chi connectivity index (χ3n) is 13.5. The molecular weight excluding hydrogens is 1100 g/mol. The van der Waals surface area contributed by atoms with Crippen LogP contribution in [-0.4, -0.2) is 111 Å². The van der Waals surface area contributed by atoms with Crippen LogP contribution in [0.15, 0.2) is 72.8 Å². The van der Waals surface area contributed by atoms with Crippen LogP contribution < -0.4 is 18.9 Å². The van der Waals surface area contributed by atoms with E-state index in [2.05, 4.69) is 13.2 Å². The first kappa shape index (κ1) is 68.2. The van der Waals surface area contributed by atoms with Gasteiger partial charge in [0.15, 0.2) is 23.1 Å². The van der Waals surface area contributed by atoms with Crippen LogP contribution in [0.4, 0.5) is 0 Å². The summed E-state index contributed by atoms with van der Waals surface area (Å²) >= 11 is 0. The molecule has 0 saturated carbocycles. The topological polar surface area (TPSA) is 245 Å². The van der Waals surface area contributed by atoms with E-state index in [1.54, 1.807) is 48.5 Å². The first-order chi connectivity index (χ1) is 41.1. The molecule has 18 heteroatoms. The minimum absolute atomic E-state index is 0.0627. The third-order valence-corrected chi connectivity index (χ3v) is 13.5. The molecule has 0 spiro atoms. The van der Waals surface area contributed by atoms with Crippen molar-refractivity contribution in [3.8, 4) is 23.0 Å². The van der Waals surface area contributed by atoms with Crippen LogP contribution in [0.2, 0.25) is 0 Å². The maximum Gasteiger partial charge on any atom is 0.333 e. The summed E-state index contributed by atoms with van der Waals surface area (Å²) in [5, 5.41) is 0. The van der Waals surface area contributed by atoms with Gasteiger partial charge in [0.05, 0.1) is 0 Å². The van der Waals surface area contributed by atoms with E-state index >= 15 is 0 Å². The van der Waals surface area contributed by atoms with Gasteiger partial charge in [0.25, 0.3) is 0 Å². The predicted molar refractivity (Wildman–Crippen MR) is 320 cm³/mol. The zero-order chi connectivity index (χ0) is 63.0. The molecule has 460 valence electrons. The van der Waals surface area contributed by atoms with Crippen LogP contribution in [0.5, 0.6) is 23.0 Å². The van der Waals surface area contributed by atoms with Crippen molar-refractivity contribution < 1.29 is 85.8 Å². The van der Waals surface area contributed by atoms with E-state index in [9.17, 15) is 47.9 Å². The number of esters is 4. The highest BCUT2D eigenvalue weighted by atomic mass is 16.6. The van der Waals surface area contributed by atoms with E-state index < -0.39 is 48.3 Å². The fourth-order valence-electron chi connectivity index (χ4n) is 9.67. The summed E-state index contributed by atoms with van der Waals surface area (Å²) in [6.45, 7) is 18.6. The van der Waals surface area contributed by atoms with Crippen molar-refractivity contribution in [3.63, 3.8) is 0 Å². The summed E-state index contributed by atoms with van der Waals surface area (Å²) in [5.41, 5.74) is 5.04. The zero-order valence-corrected chi connectivity index (χ0v) is 50.9. The van der Waals surface area contributed by atoms with Crippen LogP contribution in [0.1, 0.15) is 206 Å². The van der Waals surface area contributed by atoms with Crippen LogP contribution in [0, 0.1) is 0 Å². The lowest BCUT2D eigenvalue weighted by atomic mass is 9.86. The first-order valence-electron chi connectivity index (χ1n) is 29.3. The fourth-order valence-corrected chi connectivity index (χ4v) is 9.67. The molecule has 1 aliphatic rings. The number of hydrogen-bond acceptors (Lipinski definition) is 18. The highest BCUT2D eigenvalue weighted by Crippen LogP contribution is 2.42. The summed E-state index contributed by atoms with van der Waals surface area (Å²) < 4.78 is 48.6. The zero-order valence-electron chi connectivity index (χ0n) is 50.9. The average molecular weight is 1190 g/mol. The molecule has 4 aromatic carbocycles. The lowest BCUT2D eigenvalue weighted by Gasteiger charge is -2.25. The highest BCUT2D eigenvalue weighted by molar-refractivity contribution is 6.00. The Morgan fingerprint density at radius 3 is 0.733 bits per heavy atom. The van der Waals surface area contributed by atoms with Crippen molar-refractivity contribution in [1.29, 1.82) is 0 Å². The van der Waals surface area contributed by atoms with Gasteiger partial charge in [0, 0.05) is 84.8 Å². The number of carbonyl (C=O) groups is 10. The Labute approximate surface area is 503 Å². The number of rotatable bonds is 34. The number of ether oxygens (including phenoxy) is 8. The van der Waals surface area contributed by atoms with E-state index in [1.165, 1.54) is 27.7 Å². The Morgan fingerprint density at radius 1 is 0.337 bits per heavy atom. The summed E-state index contributed by atoms with van der Waals surface area (Å²) in [6, 6.07) is 13.6. The monoisotopic (exact) mass is 1180 g/mol. The second kappa shape index (κ2) is 33.8. The van der Waals surface area contributed by atoms with Gasteiger partial charge in [-0.05, 0) is 146 Å². The number of hydrogen-bond donors (Lipinski definition) is 0. The predicted octanol–water partition coefficient (Wildman–Crippen LogP) is 11.1. The van der Waals surface area contributed by atoms with Crippen molar-refractivity contribution >= 4 is 58.6 Å². The molecule has 86 heavy (non-hydrogen) atoms. The highest BCUT2D eigenvalue weighted by Gasteiger charge is 2.28. The normalized spacial score (nSPS) is 11.5. The molecule has 0 saturated heterocycles. The van der Waals surface area contributed by atoms with Crippen molar-refractivity contribution in [2.24, 2.45) is 0 Å². The Morgan fingerprint density at radius 2 is 0.547 bits per heavy atom. The van der Waals surface area contributed by atoms with E-state index in [-0.39, 0.29) is 161 Å². The Hall–Kier alpha value is -8.54. The van der Waals surface area contributed by atoms with E-state index in [0.29, 0.717) is 92.4 Å². The van der Waals surface area contributed by atoms with Crippen LogP contribution in [0.25, 0.3) is 0 Å². The molecule has 5 rings (SSSR count). The number of benzene rings is 4. The SMILES string of the molecule is C=C(C)C(=O)OCCOc1c2cc(C(=O)CCC)cc1Cc1cc(C(=O)CCC)cc(c1OCCOC(=O)C(=C)C)Cc1cc(C(=O)CCC)cc(c1OCCOC(=O)CC(C)=O)Cc1cc(C(=O)CCC)cc(c1OCCOC(=O)CC(C)=O)C2. The summed E-state index contributed by atoms with van der Waals surface area (Å²) in [6.07, 6.45) is 1.49. The molecule has 18 nitrogen and oxygen atoms in total. The molecule has 0 aromatic heterocycles. The summed E-state index contributed by atoms with van der Waals surface area (Å²) in [5.74, 6) is -3.39. The molecule has 0 aliphatic heterocycles. The van der Waals surface area contributed by atoms with E-state index in [0.717, 1.165) is 0 Å². The van der Waals surface area contributed by atoms with Gasteiger partial charge >= 0.3 is 23.9 Å². The molecule has 4 aromatic rings. The Balaban J connectivity index is 1.99. The van der Waals surface area contributed by atoms with Gasteiger partial charge in [0.2, 0.25) is 0 Å². The molecule has 0 amide bonds. The Kier molecular flexibility index (Phi) is 26.8. The van der Waals surface area contributed by atoms with Crippen molar-refractivity contribution in [2.75, 3.05) is 52.9 Å². The fraction of sp³-hybridized carbons (Fsp3) is 0.441.